The van der Waals surface area contributed by atoms with E-state index in [1.54, 1.807) is 12.1 Å². The van der Waals surface area contributed by atoms with Gasteiger partial charge in [-0.25, -0.2) is 4.39 Å². The maximum atomic E-state index is 13.1. The lowest BCUT2D eigenvalue weighted by Crippen LogP contribution is -2.45. The van der Waals surface area contributed by atoms with E-state index in [1.165, 1.54) is 19.2 Å². The first kappa shape index (κ1) is 20.8. The third-order valence-electron chi connectivity index (χ3n) is 3.09. The molecule has 4 nitrogen and oxygen atoms in total. The van der Waals surface area contributed by atoms with Crippen LogP contribution in [0.1, 0.15) is 38.8 Å². The van der Waals surface area contributed by atoms with Crippen molar-refractivity contribution >= 4 is 18.3 Å². The Balaban J connectivity index is 0.00000441. The molecule has 6 heteroatoms. The van der Waals surface area contributed by atoms with Crippen molar-refractivity contribution in [2.75, 3.05) is 13.7 Å². The average Bonchev–Trinajstić information content (AvgIpc) is 2.37. The summed E-state index contributed by atoms with van der Waals surface area (Å²) in [6, 6.07) is 5.25. The van der Waals surface area contributed by atoms with Gasteiger partial charge in [-0.05, 0) is 29.5 Å². The first-order chi connectivity index (χ1) is 9.73. The molecular formula is C16H26ClFN2O2. The van der Waals surface area contributed by atoms with E-state index in [9.17, 15) is 9.18 Å². The van der Waals surface area contributed by atoms with Crippen molar-refractivity contribution in [3.63, 3.8) is 0 Å². The predicted molar refractivity (Wildman–Crippen MR) is 88.5 cm³/mol. The minimum absolute atomic E-state index is 0. The topological polar surface area (TPSA) is 64.3 Å². The van der Waals surface area contributed by atoms with Crippen LogP contribution in [0.2, 0.25) is 0 Å². The Morgan fingerprint density at radius 3 is 2.32 bits per heavy atom. The number of carbonyl (C=O) groups is 1. The van der Waals surface area contributed by atoms with E-state index in [4.69, 9.17) is 10.5 Å². The fourth-order valence-electron chi connectivity index (χ4n) is 2.09. The normalized spacial score (nSPS) is 13.9. The molecule has 1 aromatic carbocycles. The molecule has 3 N–H and O–H groups in total. The zero-order valence-corrected chi connectivity index (χ0v) is 14.4. The molecule has 0 aliphatic heterocycles. The SMILES string of the molecule is COCC(N)C(=O)NC(CC(C)(C)C)c1ccc(F)cc1.Cl. The van der Waals surface area contributed by atoms with Gasteiger partial charge in [0.2, 0.25) is 5.91 Å². The fraction of sp³-hybridized carbons (Fsp3) is 0.562. The lowest BCUT2D eigenvalue weighted by Gasteiger charge is -2.28. The van der Waals surface area contributed by atoms with Crippen LogP contribution >= 0.6 is 12.4 Å². The second-order valence-corrected chi connectivity index (χ2v) is 6.44. The molecule has 0 heterocycles. The number of rotatable bonds is 6. The van der Waals surface area contributed by atoms with E-state index in [0.29, 0.717) is 0 Å². The van der Waals surface area contributed by atoms with Gasteiger partial charge in [0.25, 0.3) is 0 Å². The molecule has 126 valence electrons. The lowest BCUT2D eigenvalue weighted by atomic mass is 9.85. The van der Waals surface area contributed by atoms with Crippen LogP contribution in [-0.4, -0.2) is 25.7 Å². The third kappa shape index (κ3) is 7.20. The van der Waals surface area contributed by atoms with Crippen LogP contribution in [0, 0.1) is 11.2 Å². The van der Waals surface area contributed by atoms with Gasteiger partial charge in [0.15, 0.2) is 0 Å². The summed E-state index contributed by atoms with van der Waals surface area (Å²) < 4.78 is 17.9. The van der Waals surface area contributed by atoms with E-state index in [2.05, 4.69) is 26.1 Å². The molecule has 0 fully saturated rings. The summed E-state index contributed by atoms with van der Waals surface area (Å²) in [4.78, 5) is 12.1. The largest absolute Gasteiger partial charge is 0.383 e. The standard InChI is InChI=1S/C16H25FN2O2.ClH/c1-16(2,3)9-14(11-5-7-12(17)8-6-11)19-15(20)13(18)10-21-4;/h5-8,13-14H,9-10,18H2,1-4H3,(H,19,20);1H. The molecule has 1 amide bonds. The first-order valence-electron chi connectivity index (χ1n) is 7.03. The molecule has 0 aromatic heterocycles. The van der Waals surface area contributed by atoms with Crippen molar-refractivity contribution < 1.29 is 13.9 Å². The van der Waals surface area contributed by atoms with Gasteiger partial charge in [-0.15, -0.1) is 12.4 Å². The first-order valence-corrected chi connectivity index (χ1v) is 7.03. The Bertz CT molecular complexity index is 460. The second-order valence-electron chi connectivity index (χ2n) is 6.44. The van der Waals surface area contributed by atoms with Gasteiger partial charge in [0, 0.05) is 7.11 Å². The molecule has 1 aromatic rings. The zero-order chi connectivity index (χ0) is 16.0. The van der Waals surface area contributed by atoms with Crippen LogP contribution in [0.5, 0.6) is 0 Å². The van der Waals surface area contributed by atoms with Crippen molar-refractivity contribution in [2.24, 2.45) is 11.1 Å². The highest BCUT2D eigenvalue weighted by atomic mass is 35.5. The number of amides is 1. The Hall–Kier alpha value is -1.17. The van der Waals surface area contributed by atoms with Crippen molar-refractivity contribution in [1.82, 2.24) is 5.32 Å². The number of halogens is 2. The number of hydrogen-bond acceptors (Lipinski definition) is 3. The number of ether oxygens (including phenoxy) is 1. The molecule has 0 bridgehead atoms. The lowest BCUT2D eigenvalue weighted by molar-refractivity contribution is -0.124. The molecule has 2 unspecified atom stereocenters. The van der Waals surface area contributed by atoms with Gasteiger partial charge in [-0.2, -0.15) is 0 Å². The van der Waals surface area contributed by atoms with E-state index < -0.39 is 6.04 Å². The van der Waals surface area contributed by atoms with Gasteiger partial charge < -0.3 is 15.8 Å². The summed E-state index contributed by atoms with van der Waals surface area (Å²) in [7, 11) is 1.50. The molecule has 0 aliphatic rings. The zero-order valence-electron chi connectivity index (χ0n) is 13.6. The van der Waals surface area contributed by atoms with Crippen LogP contribution in [-0.2, 0) is 9.53 Å². The average molecular weight is 333 g/mol. The third-order valence-corrected chi connectivity index (χ3v) is 3.09. The van der Waals surface area contributed by atoms with Crippen LogP contribution < -0.4 is 11.1 Å². The number of carbonyl (C=O) groups excluding carboxylic acids is 1. The van der Waals surface area contributed by atoms with E-state index in [1.807, 2.05) is 0 Å². The quantitative estimate of drug-likeness (QED) is 0.842. The van der Waals surface area contributed by atoms with Crippen LogP contribution in [0.15, 0.2) is 24.3 Å². The molecule has 0 saturated carbocycles. The molecule has 22 heavy (non-hydrogen) atoms. The van der Waals surface area contributed by atoms with Gasteiger partial charge in [0.05, 0.1) is 12.6 Å². The van der Waals surface area contributed by atoms with Crippen molar-refractivity contribution in [3.8, 4) is 0 Å². The van der Waals surface area contributed by atoms with Crippen molar-refractivity contribution in [2.45, 2.75) is 39.3 Å². The predicted octanol–water partition coefficient (Wildman–Crippen LogP) is 2.81. The number of nitrogens with one attached hydrogen (secondary N) is 1. The number of methoxy groups -OCH3 is 1. The summed E-state index contributed by atoms with van der Waals surface area (Å²) >= 11 is 0. The molecule has 0 radical (unpaired) electrons. The summed E-state index contributed by atoms with van der Waals surface area (Å²) in [6.45, 7) is 6.43. The van der Waals surface area contributed by atoms with E-state index in [0.717, 1.165) is 12.0 Å². The molecule has 0 aliphatic carbocycles. The van der Waals surface area contributed by atoms with Gasteiger partial charge >= 0.3 is 0 Å². The molecule has 0 saturated heterocycles. The van der Waals surface area contributed by atoms with Crippen molar-refractivity contribution in [1.29, 1.82) is 0 Å². The maximum Gasteiger partial charge on any atom is 0.239 e. The number of hydrogen-bond donors (Lipinski definition) is 2. The highest BCUT2D eigenvalue weighted by Gasteiger charge is 2.24. The smallest absolute Gasteiger partial charge is 0.239 e. The Kier molecular flexibility index (Phi) is 8.60. The molecule has 2 atom stereocenters. The number of nitrogens with two attached hydrogens (primary N) is 1. The van der Waals surface area contributed by atoms with E-state index in [-0.39, 0.29) is 42.2 Å². The summed E-state index contributed by atoms with van der Waals surface area (Å²) in [5.74, 6) is -0.564. The van der Waals surface area contributed by atoms with Gasteiger partial charge in [0.1, 0.15) is 11.9 Å². The Labute approximate surface area is 138 Å². The summed E-state index contributed by atoms with van der Waals surface area (Å²) in [6.07, 6.45) is 0.726. The molecule has 0 spiro atoms. The second kappa shape index (κ2) is 9.08. The van der Waals surface area contributed by atoms with Gasteiger partial charge in [-0.1, -0.05) is 32.9 Å². The van der Waals surface area contributed by atoms with Crippen LogP contribution in [0.4, 0.5) is 4.39 Å². The molecular weight excluding hydrogens is 307 g/mol. The summed E-state index contributed by atoms with van der Waals surface area (Å²) in [5, 5.41) is 2.93. The Morgan fingerprint density at radius 1 is 1.32 bits per heavy atom. The van der Waals surface area contributed by atoms with Gasteiger partial charge in [-0.3, -0.25) is 4.79 Å². The minimum Gasteiger partial charge on any atom is -0.383 e. The highest BCUT2D eigenvalue weighted by molar-refractivity contribution is 5.85. The molecule has 1 rings (SSSR count). The number of benzene rings is 1. The van der Waals surface area contributed by atoms with Crippen LogP contribution in [0.25, 0.3) is 0 Å². The highest BCUT2D eigenvalue weighted by Crippen LogP contribution is 2.29. The van der Waals surface area contributed by atoms with Crippen LogP contribution in [0.3, 0.4) is 0 Å². The minimum atomic E-state index is -0.710. The fourth-order valence-corrected chi connectivity index (χ4v) is 2.09. The summed E-state index contributed by atoms with van der Waals surface area (Å²) in [5.41, 5.74) is 6.62. The maximum absolute atomic E-state index is 13.1. The van der Waals surface area contributed by atoms with E-state index >= 15 is 0 Å². The Morgan fingerprint density at radius 2 is 1.86 bits per heavy atom. The van der Waals surface area contributed by atoms with Crippen molar-refractivity contribution in [3.05, 3.63) is 35.6 Å². The monoisotopic (exact) mass is 332 g/mol.